The third kappa shape index (κ3) is 10.4. The molecule has 3 aliphatic rings. The van der Waals surface area contributed by atoms with Crippen molar-refractivity contribution in [1.29, 1.82) is 0 Å². The van der Waals surface area contributed by atoms with Crippen molar-refractivity contribution in [2.75, 3.05) is 20.7 Å². The van der Waals surface area contributed by atoms with Crippen LogP contribution >= 0.6 is 0 Å². The molecule has 3 fully saturated rings. The van der Waals surface area contributed by atoms with Crippen LogP contribution in [0, 0.1) is 23.7 Å². The van der Waals surface area contributed by atoms with E-state index in [9.17, 15) is 24.3 Å². The predicted octanol–water partition coefficient (Wildman–Crippen LogP) is 6.22. The topological polar surface area (TPSA) is 159 Å². The van der Waals surface area contributed by atoms with Crippen LogP contribution in [0.2, 0.25) is 0 Å². The number of hydrogen-bond donors (Lipinski definition) is 2. The van der Waals surface area contributed by atoms with Gasteiger partial charge in [0.05, 0.1) is 54.1 Å². The zero-order chi connectivity index (χ0) is 43.2. The second kappa shape index (κ2) is 19.5. The van der Waals surface area contributed by atoms with Crippen LogP contribution in [0.3, 0.4) is 0 Å². The molecule has 324 valence electrons. The highest BCUT2D eigenvalue weighted by molar-refractivity contribution is 5.89. The number of alkyl carbamates (subject to hydrolysis) is 1. The van der Waals surface area contributed by atoms with Crippen molar-refractivity contribution in [2.24, 2.45) is 23.7 Å². The van der Waals surface area contributed by atoms with E-state index in [2.05, 4.69) is 5.32 Å². The smallest absolute Gasteiger partial charge is 0.408 e. The van der Waals surface area contributed by atoms with Gasteiger partial charge >= 0.3 is 18.0 Å². The summed E-state index contributed by atoms with van der Waals surface area (Å²) in [6, 6.07) is 17.3. The molecule has 0 aliphatic carbocycles. The van der Waals surface area contributed by atoms with E-state index in [4.69, 9.17) is 28.4 Å². The molecule has 3 aliphatic heterocycles. The maximum atomic E-state index is 14.6. The van der Waals surface area contributed by atoms with Gasteiger partial charge in [0.2, 0.25) is 0 Å². The number of likely N-dealkylation sites (N-methyl/N-ethyl adjacent to an activating group) is 1. The van der Waals surface area contributed by atoms with Crippen LogP contribution in [-0.4, -0.2) is 115 Å². The number of carbonyl (C=O) groups is 4. The lowest BCUT2D eigenvalue weighted by molar-refractivity contribution is -0.302. The maximum Gasteiger partial charge on any atom is 0.408 e. The Morgan fingerprint density at radius 2 is 1.61 bits per heavy atom. The maximum absolute atomic E-state index is 14.6. The summed E-state index contributed by atoms with van der Waals surface area (Å²) in [6.07, 6.45) is -1.72. The molecule has 2 aromatic rings. The second-order valence-electron chi connectivity index (χ2n) is 17.3. The van der Waals surface area contributed by atoms with Gasteiger partial charge in [0.1, 0.15) is 11.9 Å². The lowest BCUT2D eigenvalue weighted by Gasteiger charge is -2.49. The number of nitrogens with one attached hydrogen (secondary N) is 1. The molecule has 13 heteroatoms. The molecular weight excluding hydrogens is 757 g/mol. The zero-order valence-corrected chi connectivity index (χ0v) is 36.2. The van der Waals surface area contributed by atoms with Crippen LogP contribution < -0.4 is 5.32 Å². The van der Waals surface area contributed by atoms with Crippen molar-refractivity contribution in [2.45, 2.75) is 135 Å². The average Bonchev–Trinajstić information content (AvgIpc) is 3.53. The molecular formula is C46H64N2O11. The van der Waals surface area contributed by atoms with Gasteiger partial charge < -0.3 is 43.7 Å². The fourth-order valence-corrected chi connectivity index (χ4v) is 9.14. The van der Waals surface area contributed by atoms with Crippen molar-refractivity contribution in [3.8, 4) is 0 Å². The molecule has 14 atom stereocenters. The molecule has 59 heavy (non-hydrogen) atoms. The van der Waals surface area contributed by atoms with Gasteiger partial charge in [0.15, 0.2) is 18.0 Å². The zero-order valence-electron chi connectivity index (χ0n) is 36.2. The molecule has 2 aromatic carbocycles. The summed E-state index contributed by atoms with van der Waals surface area (Å²) >= 11 is 0. The average molecular weight is 821 g/mol. The minimum absolute atomic E-state index is 0.0968. The van der Waals surface area contributed by atoms with Crippen LogP contribution in [0.4, 0.5) is 4.79 Å². The number of esters is 2. The number of nitrogens with zero attached hydrogens (tertiary/aromatic N) is 1. The van der Waals surface area contributed by atoms with Crippen molar-refractivity contribution < 1.29 is 52.7 Å². The number of ether oxygens (including phenoxy) is 6. The molecule has 2 N–H and O–H groups in total. The van der Waals surface area contributed by atoms with Gasteiger partial charge in [-0.25, -0.2) is 9.59 Å². The third-order valence-corrected chi connectivity index (χ3v) is 12.5. The van der Waals surface area contributed by atoms with Gasteiger partial charge in [-0.2, -0.15) is 0 Å². The van der Waals surface area contributed by atoms with Gasteiger partial charge in [0, 0.05) is 17.8 Å². The fourth-order valence-electron chi connectivity index (χ4n) is 9.14. The van der Waals surface area contributed by atoms with E-state index in [1.54, 1.807) is 58.9 Å². The fraction of sp³-hybridized carbons (Fsp3) is 0.609. The lowest BCUT2D eigenvalue weighted by Crippen LogP contribution is -2.61. The predicted molar refractivity (Wildman–Crippen MR) is 221 cm³/mol. The highest BCUT2D eigenvalue weighted by atomic mass is 16.7. The standard InChI is InChI=1S/C46H64N2O11/c1-11-35-46(8)39(47-44(53)59-46)29(4)36(49)27(2)26-45(7,54-24-18-21-32-19-14-12-15-20-32)40(30(5)37(50)31(6)41(51)56-35)58-43-38(34(48(9)10)25-28(3)55-43)57-42(52)33-22-16-13-17-23-33/h12-23,27-31,34-35,37-40,43,50H,11,24-26H2,1-10H3,(H,47,53)/b21-18+/t27-,28-,29-,30+,31-,34+,35+,37-,38-,39-,40-,43+,45+,46-/m1/s1. The normalized spacial score (nSPS) is 37.3. The van der Waals surface area contributed by atoms with Crippen LogP contribution in [-0.2, 0) is 38.0 Å². The first kappa shape index (κ1) is 45.9. The summed E-state index contributed by atoms with van der Waals surface area (Å²) in [7, 11) is 3.80. The summed E-state index contributed by atoms with van der Waals surface area (Å²) < 4.78 is 38.5. The molecule has 0 bridgehead atoms. The SMILES string of the molecule is CC[C@@H]1OC(=O)[C@H](C)[C@H](O)[C@H](C)[C@@H](O[C@@H]2O[C@H](C)C[C@H](N(C)C)[C@H]2OC(=O)c2ccccc2)[C@@](C)(OC/C=C/c2ccccc2)C[C@@H](C)C(=O)[C@@H](C)[C@H]2NC(=O)O[C@]12C. The summed E-state index contributed by atoms with van der Waals surface area (Å²) in [5.41, 5.74) is -1.37. The van der Waals surface area contributed by atoms with Gasteiger partial charge in [-0.15, -0.1) is 0 Å². The minimum atomic E-state index is -1.37. The van der Waals surface area contributed by atoms with Crippen LogP contribution in [0.5, 0.6) is 0 Å². The number of benzene rings is 2. The summed E-state index contributed by atoms with van der Waals surface area (Å²) in [5, 5.41) is 15.0. The Hall–Kier alpha value is -4.14. The first-order valence-corrected chi connectivity index (χ1v) is 20.9. The molecule has 0 spiro atoms. The van der Waals surface area contributed by atoms with E-state index in [1.165, 1.54) is 0 Å². The summed E-state index contributed by atoms with van der Waals surface area (Å²) in [6.45, 7) is 14.2. The Balaban J connectivity index is 1.60. The number of amides is 1. The number of carbonyl (C=O) groups excluding carboxylic acids is 4. The van der Waals surface area contributed by atoms with Crippen LogP contribution in [0.25, 0.3) is 6.08 Å². The molecule has 0 unspecified atom stereocenters. The van der Waals surface area contributed by atoms with Gasteiger partial charge in [-0.1, -0.05) is 88.4 Å². The summed E-state index contributed by atoms with van der Waals surface area (Å²) in [4.78, 5) is 57.0. The van der Waals surface area contributed by atoms with E-state index < -0.39 is 89.7 Å². The van der Waals surface area contributed by atoms with Crippen molar-refractivity contribution in [1.82, 2.24) is 10.2 Å². The number of cyclic esters (lactones) is 1. The molecule has 1 amide bonds. The van der Waals surface area contributed by atoms with E-state index in [-0.39, 0.29) is 37.4 Å². The minimum Gasteiger partial charge on any atom is -0.458 e. The van der Waals surface area contributed by atoms with Crippen LogP contribution in [0.15, 0.2) is 66.7 Å². The second-order valence-corrected chi connectivity index (χ2v) is 17.3. The number of hydrogen-bond acceptors (Lipinski definition) is 12. The third-order valence-electron chi connectivity index (χ3n) is 12.5. The van der Waals surface area contributed by atoms with Gasteiger partial charge in [0.25, 0.3) is 0 Å². The first-order valence-electron chi connectivity index (χ1n) is 20.9. The molecule has 0 radical (unpaired) electrons. The molecule has 3 saturated heterocycles. The lowest BCUT2D eigenvalue weighted by atomic mass is 9.73. The molecule has 5 rings (SSSR count). The Morgan fingerprint density at radius 3 is 2.24 bits per heavy atom. The van der Waals surface area contributed by atoms with Crippen molar-refractivity contribution in [3.63, 3.8) is 0 Å². The molecule has 0 aromatic heterocycles. The number of ketones is 1. The van der Waals surface area contributed by atoms with Crippen molar-refractivity contribution in [3.05, 3.63) is 77.9 Å². The number of aliphatic hydroxyl groups is 1. The van der Waals surface area contributed by atoms with E-state index in [0.29, 0.717) is 12.0 Å². The Labute approximate surface area is 349 Å². The van der Waals surface area contributed by atoms with E-state index >= 15 is 0 Å². The molecule has 3 heterocycles. The number of fused-ring (bicyclic) bond motifs is 1. The van der Waals surface area contributed by atoms with E-state index in [1.807, 2.05) is 88.3 Å². The van der Waals surface area contributed by atoms with E-state index in [0.717, 1.165) is 5.56 Å². The Morgan fingerprint density at radius 1 is 0.966 bits per heavy atom. The molecule has 13 nitrogen and oxygen atoms in total. The monoisotopic (exact) mass is 820 g/mol. The number of Topliss-reactive ketones (excluding diaryl/α,β-unsaturated/α-hetero) is 1. The van der Waals surface area contributed by atoms with Crippen LogP contribution in [0.1, 0.15) is 90.6 Å². The quantitative estimate of drug-likeness (QED) is 0.206. The first-order chi connectivity index (χ1) is 27.9. The van der Waals surface area contributed by atoms with Gasteiger partial charge in [-0.3, -0.25) is 9.59 Å². The Kier molecular flexibility index (Phi) is 15.2. The number of rotatable bonds is 10. The molecule has 0 saturated carbocycles. The largest absolute Gasteiger partial charge is 0.458 e. The highest BCUT2D eigenvalue weighted by Gasteiger charge is 2.57. The summed E-state index contributed by atoms with van der Waals surface area (Å²) in [5.74, 6) is -4.78. The Bertz CT molecular complexity index is 1770. The van der Waals surface area contributed by atoms with Gasteiger partial charge in [-0.05, 0) is 78.7 Å². The highest BCUT2D eigenvalue weighted by Crippen LogP contribution is 2.41. The number of aliphatic hydroxyl groups excluding tert-OH is 1. The van der Waals surface area contributed by atoms with Crippen molar-refractivity contribution >= 4 is 29.9 Å².